The summed E-state index contributed by atoms with van der Waals surface area (Å²) in [4.78, 5) is 15.7. The molecule has 0 bridgehead atoms. The molecular weight excluding hydrogens is 743 g/mol. The van der Waals surface area contributed by atoms with Crippen LogP contribution in [0.25, 0.3) is 122 Å². The maximum Gasteiger partial charge on any atom is 0.164 e. The summed E-state index contributed by atoms with van der Waals surface area (Å²) in [5.41, 5.74) is 11.4. The van der Waals surface area contributed by atoms with Crippen LogP contribution in [0.15, 0.2) is 217 Å². The van der Waals surface area contributed by atoms with Gasteiger partial charge in [-0.3, -0.25) is 0 Å². The molecule has 61 heavy (non-hydrogen) atoms. The van der Waals surface area contributed by atoms with Gasteiger partial charge in [0.2, 0.25) is 0 Å². The molecular formula is C57H35N3O. The minimum absolute atomic E-state index is 0.621. The lowest BCUT2D eigenvalue weighted by Crippen LogP contribution is -2.01. The maximum atomic E-state index is 6.55. The van der Waals surface area contributed by atoms with Gasteiger partial charge in [0.1, 0.15) is 11.2 Å². The zero-order valence-corrected chi connectivity index (χ0v) is 33.0. The van der Waals surface area contributed by atoms with Gasteiger partial charge in [-0.15, -0.1) is 0 Å². The van der Waals surface area contributed by atoms with Gasteiger partial charge in [0, 0.05) is 27.5 Å². The molecule has 0 aliphatic carbocycles. The van der Waals surface area contributed by atoms with Crippen LogP contribution in [0, 0.1) is 0 Å². The fraction of sp³-hybridized carbons (Fsp3) is 0. The first-order chi connectivity index (χ1) is 30.2. The Morgan fingerprint density at radius 1 is 0.262 bits per heavy atom. The van der Waals surface area contributed by atoms with E-state index in [1.807, 2.05) is 0 Å². The highest BCUT2D eigenvalue weighted by atomic mass is 16.3. The third kappa shape index (κ3) is 6.04. The zero-order valence-electron chi connectivity index (χ0n) is 33.0. The molecule has 0 aliphatic rings. The van der Waals surface area contributed by atoms with E-state index in [1.165, 1.54) is 27.5 Å². The Hall–Kier alpha value is -8.21. The average Bonchev–Trinajstić information content (AvgIpc) is 3.72. The molecule has 0 amide bonds. The van der Waals surface area contributed by atoms with Crippen molar-refractivity contribution in [2.45, 2.75) is 0 Å². The molecule has 284 valence electrons. The summed E-state index contributed by atoms with van der Waals surface area (Å²) in [5.74, 6) is 1.88. The van der Waals surface area contributed by atoms with Gasteiger partial charge in [-0.1, -0.05) is 188 Å². The van der Waals surface area contributed by atoms with Crippen molar-refractivity contribution in [3.05, 3.63) is 212 Å². The largest absolute Gasteiger partial charge is 0.456 e. The smallest absolute Gasteiger partial charge is 0.164 e. The summed E-state index contributed by atoms with van der Waals surface area (Å²) >= 11 is 0. The van der Waals surface area contributed by atoms with Gasteiger partial charge in [-0.05, 0) is 90.0 Å². The Labute approximate surface area is 352 Å². The number of furan rings is 1. The molecule has 0 N–H and O–H groups in total. The lowest BCUT2D eigenvalue weighted by Gasteiger charge is -2.13. The highest BCUT2D eigenvalue weighted by Gasteiger charge is 2.18. The zero-order chi connectivity index (χ0) is 40.3. The molecule has 0 fully saturated rings. The summed E-state index contributed by atoms with van der Waals surface area (Å²) in [6.45, 7) is 0. The highest BCUT2D eigenvalue weighted by molar-refractivity contribution is 6.14. The monoisotopic (exact) mass is 777 g/mol. The van der Waals surface area contributed by atoms with Crippen LogP contribution >= 0.6 is 0 Å². The SMILES string of the molecule is c1ccc(-c2cccc3oc4cc(-c5cccc6c(-c7nc(-c8ccc(-c9ccc%10ccccc%10c9)cc8)nc(-c8cccc9ccccc89)n7)cccc56)ccc4c23)cc1. The van der Waals surface area contributed by atoms with Crippen molar-refractivity contribution >= 4 is 54.3 Å². The van der Waals surface area contributed by atoms with E-state index in [-0.39, 0.29) is 0 Å². The van der Waals surface area contributed by atoms with Crippen molar-refractivity contribution in [2.75, 3.05) is 0 Å². The molecule has 0 unspecified atom stereocenters. The first kappa shape index (κ1) is 34.8. The second-order valence-corrected chi connectivity index (χ2v) is 15.5. The van der Waals surface area contributed by atoms with Crippen LogP contribution in [0.5, 0.6) is 0 Å². The molecule has 0 aliphatic heterocycles. The summed E-state index contributed by atoms with van der Waals surface area (Å²) in [6, 6.07) is 74.6. The predicted octanol–water partition coefficient (Wildman–Crippen LogP) is 15.2. The molecule has 12 aromatic rings. The van der Waals surface area contributed by atoms with Gasteiger partial charge >= 0.3 is 0 Å². The van der Waals surface area contributed by atoms with Crippen LogP contribution in [0.1, 0.15) is 0 Å². The summed E-state index contributed by atoms with van der Waals surface area (Å²) in [6.07, 6.45) is 0. The van der Waals surface area contributed by atoms with E-state index in [0.717, 1.165) is 76.9 Å². The van der Waals surface area contributed by atoms with Crippen LogP contribution in [-0.4, -0.2) is 15.0 Å². The van der Waals surface area contributed by atoms with Crippen molar-refractivity contribution in [2.24, 2.45) is 0 Å². The van der Waals surface area contributed by atoms with Gasteiger partial charge < -0.3 is 4.42 Å². The standard InChI is InChI=1S/C57H35N3O/c1-2-13-39(14-3-1)46-20-11-25-52-54(46)51-33-32-43(35-53(51)61-52)45-19-9-22-48-47(45)21-10-24-50(48)57-59-55(58-56(60-57)49-23-8-17-38-15-6-7-18-44(38)49)40-29-26-37(27-30-40)42-31-28-36-12-4-5-16-41(36)34-42/h1-35H. The van der Waals surface area contributed by atoms with E-state index in [4.69, 9.17) is 19.4 Å². The Bertz CT molecular complexity index is 3640. The van der Waals surface area contributed by atoms with Crippen LogP contribution in [0.3, 0.4) is 0 Å². The summed E-state index contributed by atoms with van der Waals surface area (Å²) in [5, 5.41) is 9.07. The quantitative estimate of drug-likeness (QED) is 0.169. The van der Waals surface area contributed by atoms with Crippen molar-refractivity contribution < 1.29 is 4.42 Å². The molecule has 0 atom stereocenters. The average molecular weight is 778 g/mol. The molecule has 4 nitrogen and oxygen atoms in total. The predicted molar refractivity (Wildman–Crippen MR) is 252 cm³/mol. The fourth-order valence-electron chi connectivity index (χ4n) is 8.96. The Balaban J connectivity index is 0.992. The number of nitrogens with zero attached hydrogens (tertiary/aromatic N) is 3. The molecule has 0 spiro atoms. The topological polar surface area (TPSA) is 51.8 Å². The number of fused-ring (bicyclic) bond motifs is 6. The third-order valence-corrected chi connectivity index (χ3v) is 11.9. The number of hydrogen-bond acceptors (Lipinski definition) is 4. The highest BCUT2D eigenvalue weighted by Crippen LogP contribution is 2.41. The molecule has 0 saturated heterocycles. The van der Waals surface area contributed by atoms with Gasteiger partial charge in [-0.2, -0.15) is 0 Å². The van der Waals surface area contributed by atoms with Crippen LogP contribution in [0.2, 0.25) is 0 Å². The molecule has 10 aromatic carbocycles. The number of hydrogen-bond donors (Lipinski definition) is 0. The van der Waals surface area contributed by atoms with E-state index < -0.39 is 0 Å². The van der Waals surface area contributed by atoms with Gasteiger partial charge in [0.25, 0.3) is 0 Å². The van der Waals surface area contributed by atoms with Crippen molar-refractivity contribution in [1.82, 2.24) is 15.0 Å². The lowest BCUT2D eigenvalue weighted by molar-refractivity contribution is 0.669. The Morgan fingerprint density at radius 2 is 0.820 bits per heavy atom. The van der Waals surface area contributed by atoms with E-state index in [1.54, 1.807) is 0 Å². The second kappa shape index (κ2) is 14.3. The molecule has 2 aromatic heterocycles. The van der Waals surface area contributed by atoms with Crippen molar-refractivity contribution in [1.29, 1.82) is 0 Å². The fourth-order valence-corrected chi connectivity index (χ4v) is 8.96. The Morgan fingerprint density at radius 3 is 1.64 bits per heavy atom. The number of rotatable bonds is 6. The Kier molecular flexibility index (Phi) is 8.13. The second-order valence-electron chi connectivity index (χ2n) is 15.5. The van der Waals surface area contributed by atoms with Crippen LogP contribution in [-0.2, 0) is 0 Å². The number of aromatic nitrogens is 3. The lowest BCUT2D eigenvalue weighted by atomic mass is 9.94. The van der Waals surface area contributed by atoms with Gasteiger partial charge in [0.05, 0.1) is 0 Å². The molecule has 4 heteroatoms. The van der Waals surface area contributed by atoms with Gasteiger partial charge in [0.15, 0.2) is 17.5 Å². The maximum absolute atomic E-state index is 6.55. The summed E-state index contributed by atoms with van der Waals surface area (Å²) < 4.78 is 6.55. The normalized spacial score (nSPS) is 11.6. The first-order valence-corrected chi connectivity index (χ1v) is 20.6. The van der Waals surface area contributed by atoms with Crippen molar-refractivity contribution in [3.8, 4) is 67.5 Å². The first-order valence-electron chi connectivity index (χ1n) is 20.6. The number of benzene rings is 10. The minimum atomic E-state index is 0.621. The summed E-state index contributed by atoms with van der Waals surface area (Å²) in [7, 11) is 0. The molecule has 12 rings (SSSR count). The minimum Gasteiger partial charge on any atom is -0.456 e. The van der Waals surface area contributed by atoms with E-state index in [0.29, 0.717) is 17.5 Å². The van der Waals surface area contributed by atoms with E-state index >= 15 is 0 Å². The van der Waals surface area contributed by atoms with Crippen LogP contribution in [0.4, 0.5) is 0 Å². The molecule has 2 heterocycles. The molecule has 0 saturated carbocycles. The van der Waals surface area contributed by atoms with E-state index in [2.05, 4.69) is 212 Å². The van der Waals surface area contributed by atoms with Crippen LogP contribution < -0.4 is 0 Å². The third-order valence-electron chi connectivity index (χ3n) is 11.9. The van der Waals surface area contributed by atoms with Crippen molar-refractivity contribution in [3.63, 3.8) is 0 Å². The molecule has 0 radical (unpaired) electrons. The van der Waals surface area contributed by atoms with E-state index in [9.17, 15) is 0 Å². The van der Waals surface area contributed by atoms with Gasteiger partial charge in [-0.25, -0.2) is 15.0 Å².